The first-order chi connectivity index (χ1) is 30.3. The van der Waals surface area contributed by atoms with E-state index >= 15 is 0 Å². The highest BCUT2D eigenvalue weighted by atomic mass is 16.3. The van der Waals surface area contributed by atoms with E-state index in [-0.39, 0.29) is 0 Å². The molecule has 0 saturated carbocycles. The van der Waals surface area contributed by atoms with Crippen LogP contribution in [0.1, 0.15) is 0 Å². The number of nitrogens with zero attached hydrogens (tertiary/aromatic N) is 2. The SMILES string of the molecule is c1ccc(-c2ccc(N(c3ccc(-c4ccccc4)cc3)c3cccc4c3ccc3oc5ccc(-c6cccc7c6c6ccccc6n7-c6ccccc6)cc5c34)cc2)cc1. The van der Waals surface area contributed by atoms with Crippen molar-refractivity contribution in [3.8, 4) is 39.1 Å². The van der Waals surface area contributed by atoms with E-state index in [1.807, 2.05) is 0 Å². The highest BCUT2D eigenvalue weighted by Crippen LogP contribution is 2.45. The van der Waals surface area contributed by atoms with E-state index in [0.29, 0.717) is 0 Å². The molecule has 0 fully saturated rings. The molecule has 0 radical (unpaired) electrons. The maximum Gasteiger partial charge on any atom is 0.136 e. The lowest BCUT2D eigenvalue weighted by molar-refractivity contribution is 0.669. The largest absolute Gasteiger partial charge is 0.456 e. The maximum absolute atomic E-state index is 6.63. The Kier molecular flexibility index (Phi) is 8.17. The van der Waals surface area contributed by atoms with Crippen LogP contribution in [0.25, 0.3) is 93.6 Å². The minimum Gasteiger partial charge on any atom is -0.456 e. The lowest BCUT2D eigenvalue weighted by Crippen LogP contribution is -2.10. The maximum atomic E-state index is 6.63. The van der Waals surface area contributed by atoms with Gasteiger partial charge in [-0.3, -0.25) is 0 Å². The predicted octanol–water partition coefficient (Wildman–Crippen LogP) is 16.3. The summed E-state index contributed by atoms with van der Waals surface area (Å²) in [6.07, 6.45) is 0. The van der Waals surface area contributed by atoms with E-state index in [2.05, 4.69) is 240 Å². The van der Waals surface area contributed by atoms with Crippen molar-refractivity contribution in [2.45, 2.75) is 0 Å². The number of fused-ring (bicyclic) bond motifs is 8. The number of hydrogen-bond acceptors (Lipinski definition) is 2. The lowest BCUT2D eigenvalue weighted by Gasteiger charge is -2.27. The molecule has 0 unspecified atom stereocenters. The Morgan fingerprint density at radius 2 is 0.869 bits per heavy atom. The Balaban J connectivity index is 1.04. The summed E-state index contributed by atoms with van der Waals surface area (Å²) in [6.45, 7) is 0. The van der Waals surface area contributed by atoms with Gasteiger partial charge in [0.15, 0.2) is 0 Å². The molecule has 286 valence electrons. The van der Waals surface area contributed by atoms with E-state index in [9.17, 15) is 0 Å². The quantitative estimate of drug-likeness (QED) is 0.161. The molecule has 12 rings (SSSR count). The van der Waals surface area contributed by atoms with Crippen LogP contribution in [0.5, 0.6) is 0 Å². The average Bonchev–Trinajstić information content (AvgIpc) is 3.89. The second-order valence-electron chi connectivity index (χ2n) is 15.7. The van der Waals surface area contributed by atoms with Crippen LogP contribution in [0, 0.1) is 0 Å². The highest BCUT2D eigenvalue weighted by molar-refractivity contribution is 6.22. The summed E-state index contributed by atoms with van der Waals surface area (Å²) >= 11 is 0. The number of para-hydroxylation sites is 2. The normalized spacial score (nSPS) is 11.6. The first-order valence-electron chi connectivity index (χ1n) is 20.8. The van der Waals surface area contributed by atoms with Crippen LogP contribution in [-0.4, -0.2) is 4.57 Å². The van der Waals surface area contributed by atoms with Crippen LogP contribution in [0.4, 0.5) is 17.1 Å². The van der Waals surface area contributed by atoms with Crippen molar-refractivity contribution >= 4 is 71.6 Å². The summed E-state index contributed by atoms with van der Waals surface area (Å²) in [4.78, 5) is 2.38. The molecule has 0 amide bonds. The molecule has 61 heavy (non-hydrogen) atoms. The van der Waals surface area contributed by atoms with Gasteiger partial charge in [-0.1, -0.05) is 152 Å². The summed E-state index contributed by atoms with van der Waals surface area (Å²) in [5.74, 6) is 0. The molecule has 0 spiro atoms. The molecule has 0 saturated heterocycles. The van der Waals surface area contributed by atoms with Crippen LogP contribution in [0.15, 0.2) is 235 Å². The number of furan rings is 1. The molecule has 0 aliphatic carbocycles. The number of rotatable bonds is 7. The van der Waals surface area contributed by atoms with Crippen molar-refractivity contribution in [3.63, 3.8) is 0 Å². The van der Waals surface area contributed by atoms with Crippen LogP contribution in [0.2, 0.25) is 0 Å². The zero-order chi connectivity index (χ0) is 40.3. The summed E-state index contributed by atoms with van der Waals surface area (Å²) < 4.78 is 9.01. The Labute approximate surface area is 353 Å². The number of hydrogen-bond donors (Lipinski definition) is 0. The second-order valence-corrected chi connectivity index (χ2v) is 15.7. The van der Waals surface area contributed by atoms with Crippen LogP contribution in [-0.2, 0) is 0 Å². The van der Waals surface area contributed by atoms with E-state index < -0.39 is 0 Å². The van der Waals surface area contributed by atoms with Gasteiger partial charge in [-0.2, -0.15) is 0 Å². The molecule has 0 aliphatic rings. The van der Waals surface area contributed by atoms with E-state index in [1.54, 1.807) is 0 Å². The van der Waals surface area contributed by atoms with Gasteiger partial charge in [0.25, 0.3) is 0 Å². The number of benzene rings is 10. The molecular formula is C58H38N2O. The van der Waals surface area contributed by atoms with Crippen molar-refractivity contribution in [1.82, 2.24) is 4.57 Å². The van der Waals surface area contributed by atoms with E-state index in [1.165, 1.54) is 49.6 Å². The van der Waals surface area contributed by atoms with Gasteiger partial charge >= 0.3 is 0 Å². The number of aromatic nitrogens is 1. The minimum atomic E-state index is 0.875. The van der Waals surface area contributed by atoms with Gasteiger partial charge in [0.05, 0.1) is 16.7 Å². The monoisotopic (exact) mass is 778 g/mol. The fourth-order valence-corrected chi connectivity index (χ4v) is 9.39. The lowest BCUT2D eigenvalue weighted by atomic mass is 9.96. The fourth-order valence-electron chi connectivity index (χ4n) is 9.39. The summed E-state index contributed by atoms with van der Waals surface area (Å²) in [6, 6.07) is 82.8. The average molecular weight is 779 g/mol. The zero-order valence-corrected chi connectivity index (χ0v) is 33.2. The van der Waals surface area contributed by atoms with E-state index in [0.717, 1.165) is 61.0 Å². The van der Waals surface area contributed by atoms with Crippen molar-refractivity contribution < 1.29 is 4.42 Å². The summed E-state index contributed by atoms with van der Waals surface area (Å²) in [5, 5.41) is 7.00. The van der Waals surface area contributed by atoms with Gasteiger partial charge in [0.2, 0.25) is 0 Å². The highest BCUT2D eigenvalue weighted by Gasteiger charge is 2.21. The van der Waals surface area contributed by atoms with Crippen LogP contribution >= 0.6 is 0 Å². The molecule has 2 heterocycles. The molecule has 0 aliphatic heterocycles. The standard InChI is InChI=1S/C58H38N2O/c1-4-14-39(15-5-1)41-26-31-45(32-27-41)59(46-33-28-42(29-34-46)40-16-6-2-7-17-40)52-24-13-22-49-48(52)35-37-56-58(49)51-38-43(30-36-55(51)61-56)47-21-12-25-54-57(47)50-20-10-11-23-53(50)60(54)44-18-8-3-9-19-44/h1-38H. The molecule has 0 atom stereocenters. The molecule has 0 bridgehead atoms. The molecule has 12 aromatic rings. The van der Waals surface area contributed by atoms with Crippen molar-refractivity contribution in [1.29, 1.82) is 0 Å². The molecule has 3 nitrogen and oxygen atoms in total. The molecule has 3 heteroatoms. The van der Waals surface area contributed by atoms with Crippen molar-refractivity contribution in [2.75, 3.05) is 4.90 Å². The summed E-state index contributed by atoms with van der Waals surface area (Å²) in [7, 11) is 0. The predicted molar refractivity (Wildman–Crippen MR) is 257 cm³/mol. The van der Waals surface area contributed by atoms with E-state index in [4.69, 9.17) is 4.42 Å². The smallest absolute Gasteiger partial charge is 0.136 e. The Morgan fingerprint density at radius 1 is 0.328 bits per heavy atom. The van der Waals surface area contributed by atoms with Gasteiger partial charge in [-0.25, -0.2) is 0 Å². The Morgan fingerprint density at radius 3 is 1.56 bits per heavy atom. The van der Waals surface area contributed by atoms with Crippen molar-refractivity contribution in [2.24, 2.45) is 0 Å². The van der Waals surface area contributed by atoms with Crippen molar-refractivity contribution in [3.05, 3.63) is 231 Å². The van der Waals surface area contributed by atoms with Gasteiger partial charge < -0.3 is 13.9 Å². The Bertz CT molecular complexity index is 3470. The number of anilines is 3. The third-order valence-corrected chi connectivity index (χ3v) is 12.2. The third-order valence-electron chi connectivity index (χ3n) is 12.2. The Hall–Kier alpha value is -8.14. The summed E-state index contributed by atoms with van der Waals surface area (Å²) in [5.41, 5.74) is 15.7. The topological polar surface area (TPSA) is 21.3 Å². The van der Waals surface area contributed by atoms with Gasteiger partial charge in [-0.15, -0.1) is 0 Å². The van der Waals surface area contributed by atoms with Crippen LogP contribution in [0.3, 0.4) is 0 Å². The third kappa shape index (κ3) is 5.82. The van der Waals surface area contributed by atoms with Gasteiger partial charge in [0.1, 0.15) is 11.2 Å². The van der Waals surface area contributed by atoms with Gasteiger partial charge in [0, 0.05) is 44.0 Å². The first-order valence-corrected chi connectivity index (χ1v) is 20.8. The minimum absolute atomic E-state index is 0.875. The molecular weight excluding hydrogens is 741 g/mol. The van der Waals surface area contributed by atoms with Gasteiger partial charge in [-0.05, 0) is 118 Å². The zero-order valence-electron chi connectivity index (χ0n) is 33.2. The molecule has 2 aromatic heterocycles. The molecule has 0 N–H and O–H groups in total. The second kappa shape index (κ2) is 14.3. The fraction of sp³-hybridized carbons (Fsp3) is 0. The first kappa shape index (κ1) is 34.9. The van der Waals surface area contributed by atoms with Crippen LogP contribution < -0.4 is 4.90 Å². The molecule has 10 aromatic carbocycles.